The number of nitrogens with zero attached hydrogens (tertiary/aromatic N) is 2. The fourth-order valence-electron chi connectivity index (χ4n) is 7.37. The molecular formula is C38H50FN3O3. The highest BCUT2D eigenvalue weighted by Crippen LogP contribution is 2.37. The normalized spacial score (nSPS) is 25.4. The Kier molecular flexibility index (Phi) is 10.3. The topological polar surface area (TPSA) is 61.9 Å². The number of allylic oxidation sites excluding steroid dienone is 1. The summed E-state index contributed by atoms with van der Waals surface area (Å²) in [4.78, 5) is 32.4. The standard InChI is InChI=1S/C38H50FN3O3/c1-7-41(33-20-22-45-26(33)3)24-27-16-18-28(19-17-27)35-31(36(43)40-30-13-9-12-29(23-30)38(4,5)6)14-10-21-42(35)37(44)34-25(2)11-8-15-32(34)39/h8-9,11-13,15-18,23,26,28,31,33,35H,7,10,14,19-22,24H2,1-6H3,(H,40,43)/t26?,28-,31?,33?,35?/m1/s1. The lowest BCUT2D eigenvalue weighted by Crippen LogP contribution is -2.55. The third-order valence-electron chi connectivity index (χ3n) is 9.96. The Morgan fingerprint density at radius 1 is 1.13 bits per heavy atom. The smallest absolute Gasteiger partial charge is 0.257 e. The van der Waals surface area contributed by atoms with Crippen molar-refractivity contribution >= 4 is 17.5 Å². The molecule has 2 aliphatic heterocycles. The van der Waals surface area contributed by atoms with E-state index in [0.29, 0.717) is 37.4 Å². The number of halogens is 1. The molecule has 7 heteroatoms. The Morgan fingerprint density at radius 2 is 1.91 bits per heavy atom. The maximum absolute atomic E-state index is 15.1. The highest BCUT2D eigenvalue weighted by Gasteiger charge is 2.43. The zero-order valence-corrected chi connectivity index (χ0v) is 27.8. The molecule has 1 N–H and O–H groups in total. The summed E-state index contributed by atoms with van der Waals surface area (Å²) in [6, 6.07) is 12.8. The van der Waals surface area contributed by atoms with Gasteiger partial charge in [-0.1, -0.05) is 70.2 Å². The number of rotatable bonds is 8. The number of carbonyl (C=O) groups is 2. The molecule has 4 unspecified atom stereocenters. The van der Waals surface area contributed by atoms with Gasteiger partial charge in [0.2, 0.25) is 5.91 Å². The van der Waals surface area contributed by atoms with Crippen molar-refractivity contribution in [3.05, 3.63) is 88.8 Å². The molecule has 5 rings (SSSR count). The predicted molar refractivity (Wildman–Crippen MR) is 179 cm³/mol. The summed E-state index contributed by atoms with van der Waals surface area (Å²) in [5.41, 5.74) is 3.79. The van der Waals surface area contributed by atoms with Crippen molar-refractivity contribution in [1.82, 2.24) is 9.80 Å². The summed E-state index contributed by atoms with van der Waals surface area (Å²) in [7, 11) is 0. The van der Waals surface area contributed by atoms with Gasteiger partial charge in [-0.15, -0.1) is 0 Å². The van der Waals surface area contributed by atoms with Gasteiger partial charge >= 0.3 is 0 Å². The quantitative estimate of drug-likeness (QED) is 0.339. The van der Waals surface area contributed by atoms with E-state index >= 15 is 4.39 Å². The predicted octanol–water partition coefficient (Wildman–Crippen LogP) is 7.29. The maximum Gasteiger partial charge on any atom is 0.257 e. The number of likely N-dealkylation sites (N-methyl/N-ethyl adjacent to an activating group) is 1. The summed E-state index contributed by atoms with van der Waals surface area (Å²) in [5, 5.41) is 3.18. The largest absolute Gasteiger partial charge is 0.377 e. The van der Waals surface area contributed by atoms with E-state index in [0.717, 1.165) is 37.4 Å². The second kappa shape index (κ2) is 14.0. The lowest BCUT2D eigenvalue weighted by Gasteiger charge is -2.44. The van der Waals surface area contributed by atoms with E-state index in [-0.39, 0.29) is 34.8 Å². The van der Waals surface area contributed by atoms with Gasteiger partial charge < -0.3 is 15.0 Å². The van der Waals surface area contributed by atoms with Gasteiger partial charge in [-0.25, -0.2) is 4.39 Å². The number of likely N-dealkylation sites (tertiary alicyclic amines) is 1. The van der Waals surface area contributed by atoms with Crippen molar-refractivity contribution < 1.29 is 18.7 Å². The van der Waals surface area contributed by atoms with Crippen LogP contribution >= 0.6 is 0 Å². The monoisotopic (exact) mass is 615 g/mol. The van der Waals surface area contributed by atoms with E-state index in [1.165, 1.54) is 11.6 Å². The fourth-order valence-corrected chi connectivity index (χ4v) is 7.37. The molecule has 0 bridgehead atoms. The molecule has 2 aromatic carbocycles. The zero-order valence-electron chi connectivity index (χ0n) is 27.8. The van der Waals surface area contributed by atoms with E-state index in [1.807, 2.05) is 18.2 Å². The third-order valence-corrected chi connectivity index (χ3v) is 9.96. The molecule has 0 spiro atoms. The van der Waals surface area contributed by atoms with Crippen LogP contribution in [0.1, 0.15) is 81.8 Å². The number of carbonyl (C=O) groups excluding carboxylic acids is 2. The summed E-state index contributed by atoms with van der Waals surface area (Å²) < 4.78 is 20.9. The molecule has 5 atom stereocenters. The minimum atomic E-state index is -0.518. The van der Waals surface area contributed by atoms with Gasteiger partial charge in [0.05, 0.1) is 23.6 Å². The maximum atomic E-state index is 15.1. The number of anilines is 1. The first-order chi connectivity index (χ1) is 21.5. The van der Waals surface area contributed by atoms with Crippen molar-refractivity contribution in [2.75, 3.05) is 31.6 Å². The molecule has 6 nitrogen and oxygen atoms in total. The number of aryl methyl sites for hydroxylation is 1. The van der Waals surface area contributed by atoms with E-state index < -0.39 is 17.8 Å². The molecule has 2 aromatic rings. The second-order valence-electron chi connectivity index (χ2n) is 14.0. The first-order valence-electron chi connectivity index (χ1n) is 16.7. The highest BCUT2D eigenvalue weighted by atomic mass is 19.1. The van der Waals surface area contributed by atoms with E-state index in [4.69, 9.17) is 4.74 Å². The lowest BCUT2D eigenvalue weighted by atomic mass is 9.77. The Morgan fingerprint density at radius 3 is 2.56 bits per heavy atom. The minimum absolute atomic E-state index is 0.0535. The third kappa shape index (κ3) is 7.41. The molecule has 2 amide bonds. The van der Waals surface area contributed by atoms with E-state index in [1.54, 1.807) is 24.0 Å². The molecule has 0 radical (unpaired) electrons. The van der Waals surface area contributed by atoms with Gasteiger partial charge in [-0.3, -0.25) is 14.5 Å². The minimum Gasteiger partial charge on any atom is -0.377 e. The average molecular weight is 616 g/mol. The highest BCUT2D eigenvalue weighted by molar-refractivity contribution is 5.98. The lowest BCUT2D eigenvalue weighted by molar-refractivity contribution is -0.123. The number of nitrogens with one attached hydrogen (secondary N) is 1. The number of hydrogen-bond acceptors (Lipinski definition) is 4. The SMILES string of the molecule is CCN(CC1=CC[C@H](C2C(C(=O)Nc3cccc(C(C)(C)C)c3)CCCN2C(=O)c2c(C)cccc2F)C=C1)C1CCOC1C. The molecule has 0 aromatic heterocycles. The number of piperidine rings is 1. The first-order valence-corrected chi connectivity index (χ1v) is 16.7. The summed E-state index contributed by atoms with van der Waals surface area (Å²) in [6.45, 7) is 15.6. The van der Waals surface area contributed by atoms with Gasteiger partial charge in [0.25, 0.3) is 5.91 Å². The molecule has 2 saturated heterocycles. The summed E-state index contributed by atoms with van der Waals surface area (Å²) >= 11 is 0. The zero-order chi connectivity index (χ0) is 32.3. The summed E-state index contributed by atoms with van der Waals surface area (Å²) in [6.07, 6.45) is 9.94. The second-order valence-corrected chi connectivity index (χ2v) is 14.0. The number of amides is 2. The van der Waals surface area contributed by atoms with Crippen molar-refractivity contribution in [1.29, 1.82) is 0 Å². The number of hydrogen-bond donors (Lipinski definition) is 1. The molecule has 0 saturated carbocycles. The first kappa shape index (κ1) is 33.1. The number of ether oxygens (including phenoxy) is 1. The van der Waals surface area contributed by atoms with Crippen LogP contribution < -0.4 is 5.32 Å². The van der Waals surface area contributed by atoms with Crippen LogP contribution in [0.3, 0.4) is 0 Å². The van der Waals surface area contributed by atoms with Crippen molar-refractivity contribution in [2.24, 2.45) is 11.8 Å². The Bertz CT molecular complexity index is 1420. The van der Waals surface area contributed by atoms with Crippen LogP contribution in [-0.2, 0) is 14.9 Å². The van der Waals surface area contributed by atoms with Gasteiger partial charge in [-0.05, 0) is 86.4 Å². The Balaban J connectivity index is 1.41. The van der Waals surface area contributed by atoms with Gasteiger partial charge in [-0.2, -0.15) is 0 Å². The van der Waals surface area contributed by atoms with Gasteiger partial charge in [0, 0.05) is 37.3 Å². The van der Waals surface area contributed by atoms with Crippen molar-refractivity contribution in [3.8, 4) is 0 Å². The van der Waals surface area contributed by atoms with Gasteiger partial charge in [0.15, 0.2) is 0 Å². The van der Waals surface area contributed by atoms with Crippen LogP contribution in [-0.4, -0.2) is 66.0 Å². The van der Waals surface area contributed by atoms with Gasteiger partial charge in [0.1, 0.15) is 5.82 Å². The molecule has 3 aliphatic rings. The van der Waals surface area contributed by atoms with Crippen LogP contribution in [0.5, 0.6) is 0 Å². The molecule has 242 valence electrons. The van der Waals surface area contributed by atoms with Crippen LogP contribution in [0.4, 0.5) is 10.1 Å². The fraction of sp³-hybridized carbons (Fsp3) is 0.526. The molecule has 1 aliphatic carbocycles. The van der Waals surface area contributed by atoms with Crippen molar-refractivity contribution in [3.63, 3.8) is 0 Å². The Hall–Kier alpha value is -3.29. The Labute approximate surface area is 268 Å². The van der Waals surface area contributed by atoms with Crippen molar-refractivity contribution in [2.45, 2.75) is 90.8 Å². The van der Waals surface area contributed by atoms with Crippen LogP contribution in [0.2, 0.25) is 0 Å². The van der Waals surface area contributed by atoms with Crippen LogP contribution in [0, 0.1) is 24.6 Å². The number of benzene rings is 2. The van der Waals surface area contributed by atoms with Crippen LogP contribution in [0.15, 0.2) is 66.3 Å². The average Bonchev–Trinajstić information content (AvgIpc) is 3.44. The van der Waals surface area contributed by atoms with E-state index in [9.17, 15) is 9.59 Å². The molecular weight excluding hydrogens is 565 g/mol. The molecule has 45 heavy (non-hydrogen) atoms. The summed E-state index contributed by atoms with van der Waals surface area (Å²) in [5.74, 6) is -1.44. The molecule has 2 fully saturated rings. The van der Waals surface area contributed by atoms with Crippen LogP contribution in [0.25, 0.3) is 0 Å². The molecule has 2 heterocycles. The van der Waals surface area contributed by atoms with E-state index in [2.05, 4.69) is 69.1 Å².